The summed E-state index contributed by atoms with van der Waals surface area (Å²) in [5.41, 5.74) is 5.06. The Morgan fingerprint density at radius 1 is 0.957 bits per heavy atom. The first-order valence-corrected chi connectivity index (χ1v) is 8.13. The molecule has 1 N–H and O–H groups in total. The Morgan fingerprint density at radius 3 is 2.17 bits per heavy atom. The highest BCUT2D eigenvalue weighted by Gasteiger charge is 2.32. The fraction of sp³-hybridized carbons (Fsp3) is 0.300. The number of anilines is 1. The highest BCUT2D eigenvalue weighted by molar-refractivity contribution is 5.56. The minimum Gasteiger partial charge on any atom is -0.395 e. The maximum Gasteiger partial charge on any atom is 0.113 e. The number of β-amino-alcohol motifs (C(OH)–C–C–N with tert-alkyl or cyclic N) is 1. The van der Waals surface area contributed by atoms with Crippen molar-refractivity contribution in [1.82, 2.24) is 4.90 Å². The van der Waals surface area contributed by atoms with Gasteiger partial charge in [-0.05, 0) is 37.1 Å². The molecule has 1 unspecified atom stereocenters. The van der Waals surface area contributed by atoms with E-state index in [-0.39, 0.29) is 12.8 Å². The van der Waals surface area contributed by atoms with Crippen molar-refractivity contribution in [3.63, 3.8) is 0 Å². The number of hydrogen-bond acceptors (Lipinski definition) is 3. The Balaban J connectivity index is 2.11. The largest absolute Gasteiger partial charge is 0.395 e. The lowest BCUT2D eigenvalue weighted by Gasteiger charge is -2.46. The predicted octanol–water partition coefficient (Wildman–Crippen LogP) is 3.79. The van der Waals surface area contributed by atoms with E-state index in [0.717, 1.165) is 6.54 Å². The van der Waals surface area contributed by atoms with Crippen LogP contribution in [0.5, 0.6) is 0 Å². The van der Waals surface area contributed by atoms with E-state index in [0.29, 0.717) is 6.54 Å². The van der Waals surface area contributed by atoms with Gasteiger partial charge in [-0.2, -0.15) is 0 Å². The topological polar surface area (TPSA) is 26.7 Å². The lowest BCUT2D eigenvalue weighted by atomic mass is 10.0. The summed E-state index contributed by atoms with van der Waals surface area (Å²) in [6.07, 6.45) is 0.106. The molecule has 1 aliphatic rings. The van der Waals surface area contributed by atoms with Crippen LogP contribution in [0.3, 0.4) is 0 Å². The van der Waals surface area contributed by atoms with Gasteiger partial charge in [0.05, 0.1) is 6.61 Å². The second-order valence-electron chi connectivity index (χ2n) is 6.05. The first-order valence-electron chi connectivity index (χ1n) is 8.13. The summed E-state index contributed by atoms with van der Waals surface area (Å²) >= 11 is 0. The van der Waals surface area contributed by atoms with Gasteiger partial charge in [0.1, 0.15) is 6.17 Å². The van der Waals surface area contributed by atoms with Crippen LogP contribution in [0.15, 0.2) is 71.9 Å². The molecule has 0 saturated carbocycles. The third-order valence-electron chi connectivity index (χ3n) is 4.53. The van der Waals surface area contributed by atoms with Gasteiger partial charge in [-0.15, -0.1) is 0 Å². The zero-order valence-corrected chi connectivity index (χ0v) is 13.8. The Hall–Kier alpha value is -2.10. The third kappa shape index (κ3) is 3.16. The van der Waals surface area contributed by atoms with Crippen LogP contribution >= 0.6 is 0 Å². The molecule has 0 saturated heterocycles. The molecular weight excluding hydrogens is 284 g/mol. The SMILES string of the molecule is CC1=C(C)N(c2ccccc2)C(c2ccccc2)N(CCO)C1. The number of aliphatic hydroxyl groups is 1. The summed E-state index contributed by atoms with van der Waals surface area (Å²) < 4.78 is 0. The van der Waals surface area contributed by atoms with Crippen LogP contribution in [0.2, 0.25) is 0 Å². The molecule has 120 valence electrons. The van der Waals surface area contributed by atoms with E-state index < -0.39 is 0 Å². The second-order valence-corrected chi connectivity index (χ2v) is 6.05. The molecule has 23 heavy (non-hydrogen) atoms. The Labute approximate surface area is 138 Å². The van der Waals surface area contributed by atoms with Crippen LogP contribution in [0.25, 0.3) is 0 Å². The van der Waals surface area contributed by atoms with Crippen molar-refractivity contribution in [3.8, 4) is 0 Å². The quantitative estimate of drug-likeness (QED) is 0.931. The van der Waals surface area contributed by atoms with Gasteiger partial charge in [-0.25, -0.2) is 0 Å². The molecule has 0 amide bonds. The molecule has 2 aromatic carbocycles. The first kappa shape index (κ1) is 15.8. The molecule has 1 heterocycles. The van der Waals surface area contributed by atoms with Gasteiger partial charge in [-0.1, -0.05) is 48.5 Å². The summed E-state index contributed by atoms with van der Waals surface area (Å²) in [4.78, 5) is 4.72. The van der Waals surface area contributed by atoms with Crippen molar-refractivity contribution < 1.29 is 5.11 Å². The number of benzene rings is 2. The maximum atomic E-state index is 9.52. The molecule has 0 aromatic heterocycles. The van der Waals surface area contributed by atoms with Gasteiger partial charge in [-0.3, -0.25) is 4.90 Å². The second kappa shape index (κ2) is 6.99. The van der Waals surface area contributed by atoms with E-state index in [4.69, 9.17) is 0 Å². The molecule has 0 spiro atoms. The predicted molar refractivity (Wildman–Crippen MR) is 95.1 cm³/mol. The van der Waals surface area contributed by atoms with Crippen LogP contribution in [0, 0.1) is 0 Å². The van der Waals surface area contributed by atoms with Crippen molar-refractivity contribution in [2.45, 2.75) is 20.0 Å². The van der Waals surface area contributed by atoms with Crippen molar-refractivity contribution >= 4 is 5.69 Å². The average molecular weight is 308 g/mol. The number of rotatable bonds is 4. The summed E-state index contributed by atoms with van der Waals surface area (Å²) in [6.45, 7) is 6.08. The van der Waals surface area contributed by atoms with Gasteiger partial charge < -0.3 is 10.0 Å². The average Bonchev–Trinajstić information content (AvgIpc) is 2.59. The zero-order valence-electron chi connectivity index (χ0n) is 13.8. The van der Waals surface area contributed by atoms with E-state index >= 15 is 0 Å². The van der Waals surface area contributed by atoms with Crippen LogP contribution in [0.1, 0.15) is 25.6 Å². The molecule has 1 atom stereocenters. The highest BCUT2D eigenvalue weighted by atomic mass is 16.3. The van der Waals surface area contributed by atoms with Crippen molar-refractivity contribution in [2.75, 3.05) is 24.6 Å². The molecule has 3 heteroatoms. The molecule has 0 fully saturated rings. The van der Waals surface area contributed by atoms with Gasteiger partial charge in [0.2, 0.25) is 0 Å². The number of nitrogens with zero attached hydrogens (tertiary/aromatic N) is 2. The number of hydrogen-bond donors (Lipinski definition) is 1. The fourth-order valence-electron chi connectivity index (χ4n) is 3.30. The molecule has 0 aliphatic carbocycles. The van der Waals surface area contributed by atoms with Crippen LogP contribution < -0.4 is 4.90 Å². The van der Waals surface area contributed by atoms with Gasteiger partial charge >= 0.3 is 0 Å². The van der Waals surface area contributed by atoms with Crippen LogP contribution in [-0.4, -0.2) is 29.7 Å². The maximum absolute atomic E-state index is 9.52. The lowest BCUT2D eigenvalue weighted by Crippen LogP contribution is -2.47. The van der Waals surface area contributed by atoms with E-state index in [2.05, 4.69) is 72.2 Å². The first-order chi connectivity index (χ1) is 11.2. The van der Waals surface area contributed by atoms with Crippen LogP contribution in [0.4, 0.5) is 5.69 Å². The Bertz CT molecular complexity index is 667. The molecule has 1 aliphatic heterocycles. The van der Waals surface area contributed by atoms with Crippen LogP contribution in [-0.2, 0) is 0 Å². The van der Waals surface area contributed by atoms with Gasteiger partial charge in [0.15, 0.2) is 0 Å². The minimum atomic E-state index is 0.106. The minimum absolute atomic E-state index is 0.106. The standard InChI is InChI=1S/C20H24N2O/c1-16-15-21(13-14-23)20(18-9-5-3-6-10-18)22(17(16)2)19-11-7-4-8-12-19/h3-12,20,23H,13-15H2,1-2H3. The monoisotopic (exact) mass is 308 g/mol. The molecule has 0 bridgehead atoms. The number of allylic oxidation sites excluding steroid dienone is 1. The molecule has 2 aromatic rings. The van der Waals surface area contributed by atoms with Crippen molar-refractivity contribution in [3.05, 3.63) is 77.5 Å². The lowest BCUT2D eigenvalue weighted by molar-refractivity contribution is 0.153. The number of aliphatic hydroxyl groups excluding tert-OH is 1. The summed E-state index contributed by atoms with van der Waals surface area (Å²) in [5.74, 6) is 0. The van der Waals surface area contributed by atoms with Crippen molar-refractivity contribution in [1.29, 1.82) is 0 Å². The summed E-state index contributed by atoms with van der Waals surface area (Å²) in [5, 5.41) is 9.52. The molecule has 0 radical (unpaired) electrons. The normalized spacial score (nSPS) is 19.3. The summed E-state index contributed by atoms with van der Waals surface area (Å²) in [6, 6.07) is 21.0. The van der Waals surface area contributed by atoms with Crippen molar-refractivity contribution in [2.24, 2.45) is 0 Å². The van der Waals surface area contributed by atoms with E-state index in [9.17, 15) is 5.11 Å². The Kier molecular flexibility index (Phi) is 4.79. The Morgan fingerprint density at radius 2 is 1.57 bits per heavy atom. The smallest absolute Gasteiger partial charge is 0.113 e. The molecular formula is C20H24N2O. The van der Waals surface area contributed by atoms with E-state index in [1.165, 1.54) is 22.5 Å². The fourth-order valence-corrected chi connectivity index (χ4v) is 3.30. The molecule has 3 rings (SSSR count). The summed E-state index contributed by atoms with van der Waals surface area (Å²) in [7, 11) is 0. The third-order valence-corrected chi connectivity index (χ3v) is 4.53. The van der Waals surface area contributed by atoms with Gasteiger partial charge in [0, 0.05) is 24.5 Å². The number of para-hydroxylation sites is 1. The zero-order chi connectivity index (χ0) is 16.2. The van der Waals surface area contributed by atoms with E-state index in [1.54, 1.807) is 0 Å². The molecule has 3 nitrogen and oxygen atoms in total. The van der Waals surface area contributed by atoms with E-state index in [1.807, 2.05) is 12.1 Å². The van der Waals surface area contributed by atoms with Gasteiger partial charge in [0.25, 0.3) is 0 Å². The highest BCUT2D eigenvalue weighted by Crippen LogP contribution is 2.38.